The molecule has 1 N–H and O–H groups in total. The first-order valence-corrected chi connectivity index (χ1v) is 6.69. The predicted octanol–water partition coefficient (Wildman–Crippen LogP) is 3.67. The molecule has 0 aliphatic carbocycles. The van der Waals surface area contributed by atoms with Crippen molar-refractivity contribution in [1.82, 2.24) is 9.97 Å². The maximum Gasteiger partial charge on any atom is 0.224 e. The van der Waals surface area contributed by atoms with Crippen LogP contribution in [0.2, 0.25) is 5.28 Å². The summed E-state index contributed by atoms with van der Waals surface area (Å²) in [7, 11) is 0. The Kier molecular flexibility index (Phi) is 3.97. The van der Waals surface area contributed by atoms with Crippen molar-refractivity contribution in [2.45, 2.75) is 26.8 Å². The summed E-state index contributed by atoms with van der Waals surface area (Å²) in [5, 5.41) is 3.56. The van der Waals surface area contributed by atoms with Gasteiger partial charge in [0.2, 0.25) is 5.28 Å². The molecule has 0 aliphatic heterocycles. The van der Waals surface area contributed by atoms with Gasteiger partial charge in [-0.05, 0) is 37.1 Å². The van der Waals surface area contributed by atoms with Crippen LogP contribution in [-0.4, -0.2) is 9.97 Å². The van der Waals surface area contributed by atoms with Gasteiger partial charge in [-0.15, -0.1) is 11.3 Å². The number of rotatable bonds is 4. The van der Waals surface area contributed by atoms with Crippen LogP contribution in [0, 0.1) is 6.92 Å². The van der Waals surface area contributed by atoms with Gasteiger partial charge in [-0.1, -0.05) is 6.92 Å². The number of aryl methyl sites for hydroxylation is 2. The Morgan fingerprint density at radius 2 is 2.12 bits per heavy atom. The number of halogens is 1. The molecule has 3 nitrogen and oxygen atoms in total. The van der Waals surface area contributed by atoms with Gasteiger partial charge in [-0.2, -0.15) is 0 Å². The molecule has 0 fully saturated rings. The highest BCUT2D eigenvalue weighted by molar-refractivity contribution is 7.12. The Labute approximate surface area is 110 Å². The molecule has 0 saturated carbocycles. The van der Waals surface area contributed by atoms with E-state index in [1.54, 1.807) is 6.20 Å². The molecule has 0 saturated heterocycles. The summed E-state index contributed by atoms with van der Waals surface area (Å²) in [5.41, 5.74) is 1.00. The summed E-state index contributed by atoms with van der Waals surface area (Å²) in [6, 6.07) is 4.32. The highest BCUT2D eigenvalue weighted by Crippen LogP contribution is 2.19. The second-order valence-corrected chi connectivity index (χ2v) is 5.34. The van der Waals surface area contributed by atoms with Gasteiger partial charge in [-0.3, -0.25) is 0 Å². The zero-order chi connectivity index (χ0) is 12.3. The van der Waals surface area contributed by atoms with E-state index in [9.17, 15) is 0 Å². The van der Waals surface area contributed by atoms with Crippen molar-refractivity contribution in [1.29, 1.82) is 0 Å². The third-order valence-electron chi connectivity index (χ3n) is 2.44. The van der Waals surface area contributed by atoms with Gasteiger partial charge < -0.3 is 5.32 Å². The van der Waals surface area contributed by atoms with Crippen LogP contribution in [0.25, 0.3) is 0 Å². The molecule has 5 heteroatoms. The Balaban J connectivity index is 2.04. The maximum absolute atomic E-state index is 5.77. The summed E-state index contributed by atoms with van der Waals surface area (Å²) in [6.45, 7) is 4.90. The summed E-state index contributed by atoms with van der Waals surface area (Å²) < 4.78 is 0. The van der Waals surface area contributed by atoms with E-state index in [1.165, 1.54) is 9.75 Å². The van der Waals surface area contributed by atoms with Crippen molar-refractivity contribution in [3.63, 3.8) is 0 Å². The van der Waals surface area contributed by atoms with E-state index >= 15 is 0 Å². The van der Waals surface area contributed by atoms with Crippen LogP contribution in [0.15, 0.2) is 18.3 Å². The van der Waals surface area contributed by atoms with Gasteiger partial charge in [0.15, 0.2) is 0 Å². The largest absolute Gasteiger partial charge is 0.365 e. The topological polar surface area (TPSA) is 37.8 Å². The predicted molar refractivity (Wildman–Crippen MR) is 72.8 cm³/mol. The zero-order valence-electron chi connectivity index (χ0n) is 9.83. The molecular formula is C12H14ClN3S. The molecule has 0 bridgehead atoms. The fourth-order valence-corrected chi connectivity index (χ4v) is 2.51. The Bertz CT molecular complexity index is 510. The van der Waals surface area contributed by atoms with Gasteiger partial charge in [0.25, 0.3) is 0 Å². The van der Waals surface area contributed by atoms with Crippen LogP contribution in [-0.2, 0) is 13.0 Å². The molecule has 0 spiro atoms. The third kappa shape index (κ3) is 3.17. The van der Waals surface area contributed by atoms with Gasteiger partial charge >= 0.3 is 0 Å². The number of nitrogens with zero attached hydrogens (tertiary/aromatic N) is 2. The summed E-state index contributed by atoms with van der Waals surface area (Å²) in [5.74, 6) is 0.802. The highest BCUT2D eigenvalue weighted by atomic mass is 35.5. The number of hydrogen-bond acceptors (Lipinski definition) is 4. The smallest absolute Gasteiger partial charge is 0.224 e. The average molecular weight is 268 g/mol. The molecule has 0 unspecified atom stereocenters. The van der Waals surface area contributed by atoms with Crippen LogP contribution in [0.4, 0.5) is 5.82 Å². The van der Waals surface area contributed by atoms with Crippen molar-refractivity contribution in [2.75, 3.05) is 5.32 Å². The van der Waals surface area contributed by atoms with Crippen LogP contribution < -0.4 is 5.32 Å². The zero-order valence-corrected chi connectivity index (χ0v) is 11.4. The highest BCUT2D eigenvalue weighted by Gasteiger charge is 2.03. The van der Waals surface area contributed by atoms with Crippen LogP contribution in [0.3, 0.4) is 0 Å². The first-order valence-electron chi connectivity index (χ1n) is 5.49. The van der Waals surface area contributed by atoms with Crippen molar-refractivity contribution in [2.24, 2.45) is 0 Å². The van der Waals surface area contributed by atoms with Crippen molar-refractivity contribution in [3.05, 3.63) is 38.9 Å². The van der Waals surface area contributed by atoms with E-state index in [1.807, 2.05) is 18.3 Å². The SMILES string of the molecule is CCc1ccc(CNc2nc(Cl)ncc2C)s1. The molecule has 0 aromatic carbocycles. The monoisotopic (exact) mass is 267 g/mol. The minimum Gasteiger partial charge on any atom is -0.365 e. The lowest BCUT2D eigenvalue weighted by Crippen LogP contribution is -2.02. The molecule has 2 rings (SSSR count). The molecule has 17 heavy (non-hydrogen) atoms. The number of thiophene rings is 1. The first kappa shape index (κ1) is 12.3. The second-order valence-electron chi connectivity index (χ2n) is 3.75. The molecule has 0 aliphatic rings. The van der Waals surface area contributed by atoms with Crippen molar-refractivity contribution in [3.8, 4) is 0 Å². The molecule has 90 valence electrons. The average Bonchev–Trinajstić information content (AvgIpc) is 2.78. The third-order valence-corrected chi connectivity index (χ3v) is 3.85. The minimum atomic E-state index is 0.276. The first-order chi connectivity index (χ1) is 8.19. The van der Waals surface area contributed by atoms with E-state index in [0.717, 1.165) is 24.3 Å². The minimum absolute atomic E-state index is 0.276. The fraction of sp³-hybridized carbons (Fsp3) is 0.333. The standard InChI is InChI=1S/C12H14ClN3S/c1-3-9-4-5-10(17-9)7-14-11-8(2)6-15-12(13)16-11/h4-6H,3,7H2,1-2H3,(H,14,15,16). The van der Waals surface area contributed by atoms with Gasteiger partial charge in [0.05, 0.1) is 6.54 Å². The molecule has 2 aromatic heterocycles. The van der Waals surface area contributed by atoms with E-state index < -0.39 is 0 Å². The molecule has 2 heterocycles. The fourth-order valence-electron chi connectivity index (χ4n) is 1.48. The normalized spacial score (nSPS) is 10.5. The summed E-state index contributed by atoms with van der Waals surface area (Å²) in [4.78, 5) is 10.8. The van der Waals surface area contributed by atoms with Gasteiger partial charge in [0, 0.05) is 21.5 Å². The lowest BCUT2D eigenvalue weighted by molar-refractivity contribution is 1.07. The molecule has 0 radical (unpaired) electrons. The van der Waals surface area contributed by atoms with E-state index in [-0.39, 0.29) is 5.28 Å². The maximum atomic E-state index is 5.77. The van der Waals surface area contributed by atoms with Crippen LogP contribution >= 0.6 is 22.9 Å². The Hall–Kier alpha value is -1.13. The van der Waals surface area contributed by atoms with Crippen LogP contribution in [0.1, 0.15) is 22.2 Å². The summed E-state index contributed by atoms with van der Waals surface area (Å²) in [6.07, 6.45) is 2.81. The number of aromatic nitrogens is 2. The molecule has 0 amide bonds. The number of nitrogens with one attached hydrogen (secondary N) is 1. The van der Waals surface area contributed by atoms with E-state index in [0.29, 0.717) is 0 Å². The lowest BCUT2D eigenvalue weighted by Gasteiger charge is -2.06. The lowest BCUT2D eigenvalue weighted by atomic mass is 10.3. The Morgan fingerprint density at radius 3 is 2.82 bits per heavy atom. The van der Waals surface area contributed by atoms with Crippen molar-refractivity contribution < 1.29 is 0 Å². The number of anilines is 1. The quantitative estimate of drug-likeness (QED) is 0.859. The second kappa shape index (κ2) is 5.47. The van der Waals surface area contributed by atoms with Gasteiger partial charge in [0.1, 0.15) is 5.82 Å². The molecular weight excluding hydrogens is 254 g/mol. The molecule has 0 atom stereocenters. The van der Waals surface area contributed by atoms with E-state index in [4.69, 9.17) is 11.6 Å². The molecule has 2 aromatic rings. The summed E-state index contributed by atoms with van der Waals surface area (Å²) >= 11 is 7.59. The van der Waals surface area contributed by atoms with E-state index in [2.05, 4.69) is 34.3 Å². The number of hydrogen-bond donors (Lipinski definition) is 1. The van der Waals surface area contributed by atoms with Crippen molar-refractivity contribution >= 4 is 28.8 Å². The Morgan fingerprint density at radius 1 is 1.35 bits per heavy atom. The van der Waals surface area contributed by atoms with Crippen LogP contribution in [0.5, 0.6) is 0 Å². The van der Waals surface area contributed by atoms with Gasteiger partial charge in [-0.25, -0.2) is 9.97 Å².